The normalized spacial score (nSPS) is 11.7. The van der Waals surface area contributed by atoms with E-state index in [1.54, 1.807) is 7.11 Å². The summed E-state index contributed by atoms with van der Waals surface area (Å²) >= 11 is 0. The SMILES string of the molecule is COc1ccccc1C(C#N)CCOc1ccc2ccccc2c1. The van der Waals surface area contributed by atoms with E-state index >= 15 is 0 Å². The number of ether oxygens (including phenoxy) is 2. The number of nitrogens with zero attached hydrogens (tertiary/aromatic N) is 1. The largest absolute Gasteiger partial charge is 0.496 e. The van der Waals surface area contributed by atoms with Gasteiger partial charge in [-0.05, 0) is 29.0 Å². The molecular weight excluding hydrogens is 298 g/mol. The van der Waals surface area contributed by atoms with Gasteiger partial charge in [-0.1, -0.05) is 48.5 Å². The maximum absolute atomic E-state index is 9.48. The third-order valence-corrected chi connectivity index (χ3v) is 4.07. The van der Waals surface area contributed by atoms with Crippen LogP contribution in [-0.4, -0.2) is 13.7 Å². The lowest BCUT2D eigenvalue weighted by Crippen LogP contribution is -2.06. The maximum atomic E-state index is 9.48. The van der Waals surface area contributed by atoms with Crippen LogP contribution in [0.15, 0.2) is 66.7 Å². The van der Waals surface area contributed by atoms with E-state index in [9.17, 15) is 5.26 Å². The summed E-state index contributed by atoms with van der Waals surface area (Å²) < 4.78 is 11.2. The minimum atomic E-state index is -0.249. The Morgan fingerprint density at radius 2 is 1.71 bits per heavy atom. The molecule has 0 saturated heterocycles. The van der Waals surface area contributed by atoms with Gasteiger partial charge in [-0.15, -0.1) is 0 Å². The number of methoxy groups -OCH3 is 1. The molecule has 3 rings (SSSR count). The minimum absolute atomic E-state index is 0.249. The first-order valence-electron chi connectivity index (χ1n) is 7.96. The monoisotopic (exact) mass is 317 g/mol. The van der Waals surface area contributed by atoms with Crippen LogP contribution < -0.4 is 9.47 Å². The van der Waals surface area contributed by atoms with Gasteiger partial charge in [-0.2, -0.15) is 5.26 Å². The van der Waals surface area contributed by atoms with E-state index in [2.05, 4.69) is 18.2 Å². The zero-order valence-corrected chi connectivity index (χ0v) is 13.6. The molecule has 1 unspecified atom stereocenters. The Hall–Kier alpha value is -2.99. The fourth-order valence-corrected chi connectivity index (χ4v) is 2.80. The molecule has 24 heavy (non-hydrogen) atoms. The zero-order valence-electron chi connectivity index (χ0n) is 13.6. The predicted molar refractivity (Wildman–Crippen MR) is 95.4 cm³/mol. The second-order valence-electron chi connectivity index (χ2n) is 5.57. The van der Waals surface area contributed by atoms with Gasteiger partial charge in [-0.25, -0.2) is 0 Å². The smallest absolute Gasteiger partial charge is 0.123 e. The van der Waals surface area contributed by atoms with E-state index in [1.807, 2.05) is 54.6 Å². The third kappa shape index (κ3) is 3.49. The molecule has 0 aliphatic heterocycles. The highest BCUT2D eigenvalue weighted by molar-refractivity contribution is 5.83. The number of hydrogen-bond acceptors (Lipinski definition) is 3. The minimum Gasteiger partial charge on any atom is -0.496 e. The van der Waals surface area contributed by atoms with E-state index in [0.29, 0.717) is 13.0 Å². The Balaban J connectivity index is 1.66. The van der Waals surface area contributed by atoms with Gasteiger partial charge in [0.25, 0.3) is 0 Å². The third-order valence-electron chi connectivity index (χ3n) is 4.07. The van der Waals surface area contributed by atoms with Crippen LogP contribution in [0.3, 0.4) is 0 Å². The first-order valence-corrected chi connectivity index (χ1v) is 7.96. The van der Waals surface area contributed by atoms with Gasteiger partial charge in [-0.3, -0.25) is 0 Å². The van der Waals surface area contributed by atoms with Gasteiger partial charge in [0.2, 0.25) is 0 Å². The fourth-order valence-electron chi connectivity index (χ4n) is 2.80. The van der Waals surface area contributed by atoms with E-state index in [1.165, 1.54) is 5.39 Å². The molecule has 0 spiro atoms. The molecule has 0 fully saturated rings. The van der Waals surface area contributed by atoms with Crippen LogP contribution in [0.25, 0.3) is 10.8 Å². The second-order valence-corrected chi connectivity index (χ2v) is 5.57. The van der Waals surface area contributed by atoms with E-state index in [4.69, 9.17) is 9.47 Å². The zero-order chi connectivity index (χ0) is 16.8. The lowest BCUT2D eigenvalue weighted by molar-refractivity contribution is 0.305. The summed E-state index contributed by atoms with van der Waals surface area (Å²) in [6.45, 7) is 0.481. The Morgan fingerprint density at radius 1 is 0.958 bits per heavy atom. The van der Waals surface area contributed by atoms with Crippen molar-refractivity contribution in [3.63, 3.8) is 0 Å². The first-order chi connectivity index (χ1) is 11.8. The predicted octanol–water partition coefficient (Wildman–Crippen LogP) is 4.92. The van der Waals surface area contributed by atoms with Crippen molar-refractivity contribution in [2.45, 2.75) is 12.3 Å². The summed E-state index contributed by atoms with van der Waals surface area (Å²) in [7, 11) is 1.62. The van der Waals surface area contributed by atoms with Crippen LogP contribution in [0.1, 0.15) is 17.9 Å². The molecule has 0 N–H and O–H groups in total. The summed E-state index contributed by atoms with van der Waals surface area (Å²) in [6.07, 6.45) is 0.615. The Kier molecular flexibility index (Phi) is 4.98. The topological polar surface area (TPSA) is 42.2 Å². The summed E-state index contributed by atoms with van der Waals surface area (Å²) in [5.74, 6) is 1.32. The van der Waals surface area contributed by atoms with Crippen LogP contribution in [0.4, 0.5) is 0 Å². The lowest BCUT2D eigenvalue weighted by atomic mass is 9.96. The molecule has 1 atom stereocenters. The molecule has 3 aromatic carbocycles. The quantitative estimate of drug-likeness (QED) is 0.647. The van der Waals surface area contributed by atoms with Crippen molar-refractivity contribution in [2.75, 3.05) is 13.7 Å². The lowest BCUT2D eigenvalue weighted by Gasteiger charge is -2.14. The van der Waals surface area contributed by atoms with Crippen molar-refractivity contribution in [3.05, 3.63) is 72.3 Å². The standard InChI is InChI=1S/C21H19NO2/c1-23-21-9-5-4-8-20(21)18(15-22)12-13-24-19-11-10-16-6-2-3-7-17(16)14-19/h2-11,14,18H,12-13H2,1H3. The molecule has 0 radical (unpaired) electrons. The number of fused-ring (bicyclic) bond motifs is 1. The van der Waals surface area contributed by atoms with E-state index < -0.39 is 0 Å². The van der Waals surface area contributed by atoms with Gasteiger partial charge in [0.1, 0.15) is 11.5 Å². The highest BCUT2D eigenvalue weighted by Crippen LogP contribution is 2.29. The highest BCUT2D eigenvalue weighted by atomic mass is 16.5. The van der Waals surface area contributed by atoms with Crippen molar-refractivity contribution in [2.24, 2.45) is 0 Å². The molecule has 0 saturated carbocycles. The summed E-state index contributed by atoms with van der Waals surface area (Å²) in [5, 5.41) is 11.8. The average molecular weight is 317 g/mol. The Labute approximate surface area is 142 Å². The van der Waals surface area contributed by atoms with Gasteiger partial charge in [0.15, 0.2) is 0 Å². The molecule has 0 aliphatic carbocycles. The number of nitriles is 1. The van der Waals surface area contributed by atoms with Gasteiger partial charge in [0.05, 0.1) is 25.7 Å². The number of para-hydroxylation sites is 1. The molecule has 3 aromatic rings. The molecule has 0 aromatic heterocycles. The van der Waals surface area contributed by atoms with Crippen LogP contribution in [-0.2, 0) is 0 Å². The molecule has 0 aliphatic rings. The number of rotatable bonds is 6. The van der Waals surface area contributed by atoms with Gasteiger partial charge >= 0.3 is 0 Å². The number of hydrogen-bond donors (Lipinski definition) is 0. The van der Waals surface area contributed by atoms with E-state index in [-0.39, 0.29) is 5.92 Å². The molecule has 3 nitrogen and oxygen atoms in total. The summed E-state index contributed by atoms with van der Waals surface area (Å²) in [4.78, 5) is 0. The molecule has 0 heterocycles. The maximum Gasteiger partial charge on any atom is 0.123 e. The highest BCUT2D eigenvalue weighted by Gasteiger charge is 2.15. The van der Waals surface area contributed by atoms with Crippen molar-refractivity contribution in [3.8, 4) is 17.6 Å². The van der Waals surface area contributed by atoms with Gasteiger partial charge in [0, 0.05) is 12.0 Å². The first kappa shape index (κ1) is 15.9. The Bertz CT molecular complexity index is 867. The van der Waals surface area contributed by atoms with Gasteiger partial charge < -0.3 is 9.47 Å². The molecular formula is C21H19NO2. The van der Waals surface area contributed by atoms with E-state index in [0.717, 1.165) is 22.4 Å². The fraction of sp³-hybridized carbons (Fsp3) is 0.190. The number of benzene rings is 3. The molecule has 0 amide bonds. The van der Waals surface area contributed by atoms with Crippen molar-refractivity contribution in [1.29, 1.82) is 5.26 Å². The van der Waals surface area contributed by atoms with Crippen LogP contribution >= 0.6 is 0 Å². The van der Waals surface area contributed by atoms with Crippen molar-refractivity contribution in [1.82, 2.24) is 0 Å². The molecule has 3 heteroatoms. The van der Waals surface area contributed by atoms with Crippen molar-refractivity contribution >= 4 is 10.8 Å². The second kappa shape index (κ2) is 7.52. The van der Waals surface area contributed by atoms with Crippen LogP contribution in [0.2, 0.25) is 0 Å². The summed E-state index contributed by atoms with van der Waals surface area (Å²) in [5.41, 5.74) is 0.907. The summed E-state index contributed by atoms with van der Waals surface area (Å²) in [6, 6.07) is 24.2. The molecule has 120 valence electrons. The Morgan fingerprint density at radius 3 is 2.50 bits per heavy atom. The average Bonchev–Trinajstić information content (AvgIpc) is 2.65. The van der Waals surface area contributed by atoms with Crippen LogP contribution in [0, 0.1) is 11.3 Å². The van der Waals surface area contributed by atoms with Crippen molar-refractivity contribution < 1.29 is 9.47 Å². The molecule has 0 bridgehead atoms. The van der Waals surface area contributed by atoms with Crippen LogP contribution in [0.5, 0.6) is 11.5 Å².